The van der Waals surface area contributed by atoms with Crippen LogP contribution in [0.5, 0.6) is 0 Å². The molecule has 0 aliphatic carbocycles. The molecule has 0 bridgehead atoms. The van der Waals surface area contributed by atoms with Crippen molar-refractivity contribution in [1.82, 2.24) is 5.32 Å². The lowest BCUT2D eigenvalue weighted by atomic mass is 10.0. The highest BCUT2D eigenvalue weighted by Gasteiger charge is 2.21. The third kappa shape index (κ3) is 5.19. The van der Waals surface area contributed by atoms with E-state index in [1.165, 1.54) is 0 Å². The highest BCUT2D eigenvalue weighted by molar-refractivity contribution is 6.39. The van der Waals surface area contributed by atoms with Gasteiger partial charge >= 0.3 is 11.8 Å². The lowest BCUT2D eigenvalue weighted by molar-refractivity contribution is -0.136. The van der Waals surface area contributed by atoms with Crippen LogP contribution in [0.1, 0.15) is 31.4 Å². The first-order chi connectivity index (χ1) is 9.85. The minimum Gasteiger partial charge on any atom is -0.396 e. The molecule has 5 nitrogen and oxygen atoms in total. The summed E-state index contributed by atoms with van der Waals surface area (Å²) in [6.45, 7) is 7.63. The van der Waals surface area contributed by atoms with Crippen molar-refractivity contribution in [3.63, 3.8) is 0 Å². The summed E-state index contributed by atoms with van der Waals surface area (Å²) < 4.78 is 0. The Labute approximate surface area is 125 Å². The monoisotopic (exact) mass is 292 g/mol. The van der Waals surface area contributed by atoms with Crippen LogP contribution >= 0.6 is 0 Å². The average molecular weight is 292 g/mol. The zero-order chi connectivity index (χ0) is 16.0. The van der Waals surface area contributed by atoms with Crippen LogP contribution in [-0.2, 0) is 9.59 Å². The van der Waals surface area contributed by atoms with Gasteiger partial charge in [-0.2, -0.15) is 0 Å². The summed E-state index contributed by atoms with van der Waals surface area (Å²) in [6.07, 6.45) is 0.431. The largest absolute Gasteiger partial charge is 0.396 e. The van der Waals surface area contributed by atoms with Gasteiger partial charge in [-0.3, -0.25) is 9.59 Å². The summed E-state index contributed by atoms with van der Waals surface area (Å²) in [5.41, 5.74) is 2.55. The number of aliphatic hydroxyl groups excluding tert-OH is 1. The quantitative estimate of drug-likeness (QED) is 0.724. The number of aliphatic hydroxyl groups is 1. The summed E-state index contributed by atoms with van der Waals surface area (Å²) >= 11 is 0. The van der Waals surface area contributed by atoms with Crippen LogP contribution in [0.15, 0.2) is 18.2 Å². The van der Waals surface area contributed by atoms with Gasteiger partial charge in [0.05, 0.1) is 0 Å². The van der Waals surface area contributed by atoms with Crippen LogP contribution in [-0.4, -0.2) is 29.6 Å². The number of carbonyl (C=O) groups excluding carboxylic acids is 2. The van der Waals surface area contributed by atoms with Crippen molar-refractivity contribution in [1.29, 1.82) is 0 Å². The maximum absolute atomic E-state index is 12.0. The Morgan fingerprint density at radius 2 is 1.86 bits per heavy atom. The molecule has 0 radical (unpaired) electrons. The van der Waals surface area contributed by atoms with Gasteiger partial charge in [0, 0.05) is 18.3 Å². The van der Waals surface area contributed by atoms with Gasteiger partial charge in [0.2, 0.25) is 0 Å². The van der Waals surface area contributed by atoms with E-state index in [4.69, 9.17) is 5.11 Å². The van der Waals surface area contributed by atoms with E-state index in [0.717, 1.165) is 11.1 Å². The van der Waals surface area contributed by atoms with E-state index < -0.39 is 11.8 Å². The van der Waals surface area contributed by atoms with Gasteiger partial charge < -0.3 is 15.7 Å². The molecule has 0 heterocycles. The Kier molecular flexibility index (Phi) is 6.37. The number of anilines is 1. The molecule has 1 rings (SSSR count). The first-order valence-electron chi connectivity index (χ1n) is 7.15. The average Bonchev–Trinajstić information content (AvgIpc) is 2.42. The fraction of sp³-hybridized carbons (Fsp3) is 0.500. The van der Waals surface area contributed by atoms with E-state index in [2.05, 4.69) is 10.6 Å². The Morgan fingerprint density at radius 1 is 1.19 bits per heavy atom. The minimum atomic E-state index is -0.688. The number of hydrogen-bond donors (Lipinski definition) is 3. The maximum Gasteiger partial charge on any atom is 0.313 e. The van der Waals surface area contributed by atoms with Crippen molar-refractivity contribution < 1.29 is 14.7 Å². The molecule has 0 aliphatic heterocycles. The predicted octanol–water partition coefficient (Wildman–Crippen LogP) is 1.77. The second kappa shape index (κ2) is 7.78. The summed E-state index contributed by atoms with van der Waals surface area (Å²) in [7, 11) is 0. The molecule has 1 atom stereocenters. The van der Waals surface area contributed by atoms with Crippen molar-refractivity contribution in [3.05, 3.63) is 29.3 Å². The highest BCUT2D eigenvalue weighted by atomic mass is 16.3. The van der Waals surface area contributed by atoms with Gasteiger partial charge in [-0.05, 0) is 43.4 Å². The number of amides is 2. The Bertz CT molecular complexity index is 512. The maximum atomic E-state index is 12.0. The molecule has 5 heteroatoms. The molecule has 1 unspecified atom stereocenters. The smallest absolute Gasteiger partial charge is 0.313 e. The molecule has 1 aromatic rings. The van der Waals surface area contributed by atoms with Crippen LogP contribution in [0.25, 0.3) is 0 Å². The fourth-order valence-electron chi connectivity index (χ4n) is 1.99. The molecule has 3 N–H and O–H groups in total. The number of benzene rings is 1. The molecule has 0 saturated heterocycles. The van der Waals surface area contributed by atoms with Gasteiger partial charge in [-0.1, -0.05) is 26.0 Å². The predicted molar refractivity (Wildman–Crippen MR) is 83.0 cm³/mol. The third-order valence-corrected chi connectivity index (χ3v) is 3.41. The Balaban J connectivity index is 2.70. The van der Waals surface area contributed by atoms with Crippen LogP contribution in [0.3, 0.4) is 0 Å². The number of rotatable bonds is 5. The molecule has 2 amide bonds. The zero-order valence-corrected chi connectivity index (χ0v) is 13.1. The van der Waals surface area contributed by atoms with E-state index in [9.17, 15) is 9.59 Å². The van der Waals surface area contributed by atoms with Crippen molar-refractivity contribution in [2.45, 2.75) is 40.2 Å². The second-order valence-corrected chi connectivity index (χ2v) is 5.61. The molecular weight excluding hydrogens is 268 g/mol. The number of aryl methyl sites for hydroxylation is 2. The van der Waals surface area contributed by atoms with Crippen LogP contribution in [0.4, 0.5) is 5.69 Å². The normalized spacial score (nSPS) is 12.1. The molecule has 0 spiro atoms. The molecule has 1 aromatic carbocycles. The van der Waals surface area contributed by atoms with Gasteiger partial charge in [0.15, 0.2) is 0 Å². The lowest BCUT2D eigenvalue weighted by Gasteiger charge is -2.21. The van der Waals surface area contributed by atoms with Gasteiger partial charge in [0.1, 0.15) is 0 Å². The molecule has 0 fully saturated rings. The first kappa shape index (κ1) is 17.2. The summed E-state index contributed by atoms with van der Waals surface area (Å²) in [5, 5.41) is 14.3. The van der Waals surface area contributed by atoms with Crippen molar-refractivity contribution in [3.8, 4) is 0 Å². The molecule has 0 aliphatic rings. The van der Waals surface area contributed by atoms with E-state index in [0.29, 0.717) is 12.1 Å². The number of hydrogen-bond acceptors (Lipinski definition) is 3. The Morgan fingerprint density at radius 3 is 2.43 bits per heavy atom. The van der Waals surface area contributed by atoms with Crippen LogP contribution in [0.2, 0.25) is 0 Å². The third-order valence-electron chi connectivity index (χ3n) is 3.41. The minimum absolute atomic E-state index is 0.0261. The molecule has 21 heavy (non-hydrogen) atoms. The zero-order valence-electron chi connectivity index (χ0n) is 13.1. The summed E-state index contributed by atoms with van der Waals surface area (Å²) in [4.78, 5) is 23.9. The topological polar surface area (TPSA) is 78.4 Å². The molecule has 0 saturated carbocycles. The number of carbonyl (C=O) groups is 2. The molecule has 116 valence electrons. The van der Waals surface area contributed by atoms with Gasteiger partial charge in [-0.25, -0.2) is 0 Å². The first-order valence-corrected chi connectivity index (χ1v) is 7.15. The second-order valence-electron chi connectivity index (χ2n) is 5.61. The van der Waals surface area contributed by atoms with E-state index in [-0.39, 0.29) is 18.6 Å². The van der Waals surface area contributed by atoms with E-state index in [1.54, 1.807) is 0 Å². The highest BCUT2D eigenvalue weighted by Crippen LogP contribution is 2.16. The summed E-state index contributed by atoms with van der Waals surface area (Å²) in [6, 6.07) is 5.45. The lowest BCUT2D eigenvalue weighted by Crippen LogP contribution is -2.44. The van der Waals surface area contributed by atoms with E-state index >= 15 is 0 Å². The van der Waals surface area contributed by atoms with Crippen molar-refractivity contribution >= 4 is 17.5 Å². The van der Waals surface area contributed by atoms with Gasteiger partial charge in [0.25, 0.3) is 0 Å². The SMILES string of the molecule is Cc1ccc(C)c(NC(=O)C(=O)NC(CCO)C(C)C)c1. The molecular formula is C16H24N2O3. The molecule has 0 aromatic heterocycles. The fourth-order valence-corrected chi connectivity index (χ4v) is 1.99. The standard InChI is InChI=1S/C16H24N2O3/c1-10(2)13(7-8-19)17-15(20)16(21)18-14-9-11(3)5-6-12(14)4/h5-6,9-10,13,19H,7-8H2,1-4H3,(H,17,20)(H,18,21). The van der Waals surface area contributed by atoms with Gasteiger partial charge in [-0.15, -0.1) is 0 Å². The Hall–Kier alpha value is -1.88. The van der Waals surface area contributed by atoms with Crippen molar-refractivity contribution in [2.75, 3.05) is 11.9 Å². The van der Waals surface area contributed by atoms with Crippen LogP contribution in [0, 0.1) is 19.8 Å². The van der Waals surface area contributed by atoms with E-state index in [1.807, 2.05) is 45.9 Å². The number of nitrogens with one attached hydrogen (secondary N) is 2. The summed E-state index contributed by atoms with van der Waals surface area (Å²) in [5.74, 6) is -1.22. The van der Waals surface area contributed by atoms with Crippen molar-refractivity contribution in [2.24, 2.45) is 5.92 Å². The van der Waals surface area contributed by atoms with Crippen LogP contribution < -0.4 is 10.6 Å².